The van der Waals surface area contributed by atoms with Gasteiger partial charge in [0.05, 0.1) is 12.0 Å². The predicted molar refractivity (Wildman–Crippen MR) is 160 cm³/mol. The van der Waals surface area contributed by atoms with Gasteiger partial charge in [0.1, 0.15) is 6.61 Å². The fourth-order valence-corrected chi connectivity index (χ4v) is 7.18. The van der Waals surface area contributed by atoms with E-state index in [2.05, 4.69) is 135 Å². The summed E-state index contributed by atoms with van der Waals surface area (Å²) in [6.45, 7) is 18.3. The van der Waals surface area contributed by atoms with Crippen LogP contribution in [0.4, 0.5) is 0 Å². The van der Waals surface area contributed by atoms with Crippen LogP contribution in [0.2, 0.25) is 0 Å². The van der Waals surface area contributed by atoms with Crippen LogP contribution in [0.25, 0.3) is 0 Å². The zero-order chi connectivity index (χ0) is 26.7. The number of ether oxygens (including phenoxy) is 1. The summed E-state index contributed by atoms with van der Waals surface area (Å²) in [7, 11) is -0.649. The number of nitrogens with zero attached hydrogens (tertiary/aromatic N) is 1. The second kappa shape index (κ2) is 13.5. The summed E-state index contributed by atoms with van der Waals surface area (Å²) < 4.78 is 6.06. The second-order valence-corrected chi connectivity index (χ2v) is 13.3. The molecule has 10 radical (unpaired) electrons. The molecule has 5 rings (SSSR count). The van der Waals surface area contributed by atoms with E-state index in [0.717, 1.165) is 11.8 Å². The molecule has 0 unspecified atom stereocenters. The number of rotatable bonds is 4. The van der Waals surface area contributed by atoms with Crippen molar-refractivity contribution in [2.45, 2.75) is 61.4 Å². The Morgan fingerprint density at radius 1 is 0.711 bits per heavy atom. The van der Waals surface area contributed by atoms with Gasteiger partial charge in [-0.05, 0) is 72.8 Å². The van der Waals surface area contributed by atoms with Crippen molar-refractivity contribution in [2.75, 3.05) is 6.61 Å². The Kier molecular flexibility index (Phi) is 11.1. The zero-order valence-corrected chi connectivity index (χ0v) is 25.9. The van der Waals surface area contributed by atoms with E-state index in [1.54, 1.807) is 0 Å². The van der Waals surface area contributed by atoms with Crippen molar-refractivity contribution >= 4 is 24.4 Å². The first kappa shape index (κ1) is 31.4. The summed E-state index contributed by atoms with van der Waals surface area (Å²) in [5.41, 5.74) is 1.42. The van der Waals surface area contributed by atoms with E-state index < -0.39 is 7.92 Å². The van der Waals surface area contributed by atoms with Gasteiger partial charge in [0.25, 0.3) is 0 Å². The van der Waals surface area contributed by atoms with Gasteiger partial charge in [-0.25, -0.2) is 4.99 Å². The molecule has 0 aromatic heterocycles. The average Bonchev–Trinajstić information content (AvgIpc) is 3.61. The predicted octanol–water partition coefficient (Wildman–Crippen LogP) is 7.67. The van der Waals surface area contributed by atoms with Gasteiger partial charge >= 0.3 is 17.1 Å². The summed E-state index contributed by atoms with van der Waals surface area (Å²) in [5.74, 6) is 9.28. The summed E-state index contributed by atoms with van der Waals surface area (Å²) in [6, 6.07) is 21.7. The van der Waals surface area contributed by atoms with Crippen molar-refractivity contribution in [3.05, 3.63) is 121 Å². The third-order valence-electron chi connectivity index (χ3n) is 7.76. The van der Waals surface area contributed by atoms with Crippen molar-refractivity contribution in [1.29, 1.82) is 0 Å². The average molecular weight is 566 g/mol. The molecule has 4 heteroatoms. The molecule has 3 aliphatic rings. The smallest absolute Gasteiger partial charge is 0.478 e. The molecule has 0 spiro atoms. The fourth-order valence-electron chi connectivity index (χ4n) is 4.74. The first-order valence-electron chi connectivity index (χ1n) is 13.2. The van der Waals surface area contributed by atoms with E-state index in [-0.39, 0.29) is 28.5 Å². The van der Waals surface area contributed by atoms with E-state index >= 15 is 0 Å². The molecule has 1 heterocycles. The van der Waals surface area contributed by atoms with E-state index in [9.17, 15) is 0 Å². The van der Waals surface area contributed by atoms with Crippen LogP contribution in [-0.2, 0) is 21.8 Å². The van der Waals surface area contributed by atoms with Gasteiger partial charge in [-0.3, -0.25) is 0 Å². The number of benzene rings is 2. The Hall–Kier alpha value is -1.14. The number of hydrogen-bond donors (Lipinski definition) is 0. The summed E-state index contributed by atoms with van der Waals surface area (Å²) in [4.78, 5) is 4.94. The molecule has 2 saturated carbocycles. The van der Waals surface area contributed by atoms with Crippen LogP contribution >= 0.6 is 7.92 Å². The van der Waals surface area contributed by atoms with Gasteiger partial charge in [-0.15, -0.1) is 0 Å². The van der Waals surface area contributed by atoms with Crippen LogP contribution in [0.3, 0.4) is 0 Å². The minimum Gasteiger partial charge on any atom is -0.478 e. The topological polar surface area (TPSA) is 21.6 Å². The Labute approximate surface area is 245 Å². The molecule has 2 aromatic carbocycles. The SMILES string of the molecule is CC(C)(C)[C@H]1COC([C]2[CH][CH][CH][C]2P(c2ccccc2)c2ccccc2)=N1.C[C]1[C](C)[C](C)[C](C)[C]1C.[Fe+2]. The van der Waals surface area contributed by atoms with E-state index in [1.807, 2.05) is 0 Å². The molecule has 2 aliphatic carbocycles. The molecule has 0 saturated heterocycles. The minimum absolute atomic E-state index is 0. The van der Waals surface area contributed by atoms with E-state index in [0.29, 0.717) is 6.61 Å². The molecule has 1 aliphatic heterocycles. The molecule has 38 heavy (non-hydrogen) atoms. The molecule has 2 fully saturated rings. The van der Waals surface area contributed by atoms with Crippen LogP contribution in [0.1, 0.15) is 55.4 Å². The number of hydrogen-bond acceptors (Lipinski definition) is 2. The van der Waals surface area contributed by atoms with Crippen LogP contribution < -0.4 is 10.6 Å². The van der Waals surface area contributed by atoms with E-state index in [1.165, 1.54) is 45.9 Å². The first-order chi connectivity index (χ1) is 17.6. The second-order valence-electron chi connectivity index (χ2n) is 11.1. The van der Waals surface area contributed by atoms with Crippen LogP contribution in [0.15, 0.2) is 65.7 Å². The molecule has 0 amide bonds. The van der Waals surface area contributed by atoms with Crippen LogP contribution in [0.5, 0.6) is 0 Å². The van der Waals surface area contributed by atoms with Crippen molar-refractivity contribution in [3.63, 3.8) is 0 Å². The van der Waals surface area contributed by atoms with Gasteiger partial charge in [-0.1, -0.05) is 116 Å². The third kappa shape index (κ3) is 6.94. The normalized spacial score (nSPS) is 22.8. The van der Waals surface area contributed by atoms with Crippen molar-refractivity contribution < 1.29 is 21.8 Å². The Morgan fingerprint density at radius 2 is 1.16 bits per heavy atom. The maximum atomic E-state index is 6.06. The Bertz CT molecular complexity index is 935. The molecular weight excluding hydrogens is 525 g/mol. The molecular formula is C34H40FeNOP+2. The first-order valence-corrected chi connectivity index (χ1v) is 14.5. The molecule has 2 aromatic rings. The van der Waals surface area contributed by atoms with Crippen molar-refractivity contribution in [1.82, 2.24) is 0 Å². The van der Waals surface area contributed by atoms with Crippen LogP contribution in [0, 0.1) is 65.8 Å². The quantitative estimate of drug-likeness (QED) is 0.276. The van der Waals surface area contributed by atoms with Gasteiger partial charge in [0.15, 0.2) is 5.90 Å². The minimum atomic E-state index is -0.649. The van der Waals surface area contributed by atoms with Gasteiger partial charge in [-0.2, -0.15) is 0 Å². The standard InChI is InChI=1S/C24H25NOP.C10H15.Fe/c1-24(2,3)22-17-26-23(25-22)20-15-10-16-21(20)27(18-11-6-4-7-12-18)19-13-8-5-9-14-19;1-6-7(2)9(4)10(5)8(6)3;/h4-16,22H,17H2,1-3H3;1-5H3;/q;;+2/t22-;;/m1../s1. The van der Waals surface area contributed by atoms with Gasteiger partial charge < -0.3 is 4.74 Å². The molecule has 198 valence electrons. The zero-order valence-electron chi connectivity index (χ0n) is 23.9. The van der Waals surface area contributed by atoms with Gasteiger partial charge in [0.2, 0.25) is 0 Å². The van der Waals surface area contributed by atoms with Crippen molar-refractivity contribution in [3.8, 4) is 0 Å². The third-order valence-corrected chi connectivity index (χ3v) is 10.3. The fraction of sp³-hybridized carbons (Fsp3) is 0.324. The van der Waals surface area contributed by atoms with Crippen LogP contribution in [-0.4, -0.2) is 18.5 Å². The Morgan fingerprint density at radius 3 is 1.55 bits per heavy atom. The maximum Gasteiger partial charge on any atom is 2.00 e. The summed E-state index contributed by atoms with van der Waals surface area (Å²) in [5, 5.41) is 2.69. The van der Waals surface area contributed by atoms with E-state index in [4.69, 9.17) is 9.73 Å². The van der Waals surface area contributed by atoms with Crippen molar-refractivity contribution in [2.24, 2.45) is 10.4 Å². The summed E-state index contributed by atoms with van der Waals surface area (Å²) >= 11 is 0. The molecule has 0 N–H and O–H groups in total. The molecule has 0 bridgehead atoms. The molecule has 2 nitrogen and oxygen atoms in total. The molecule has 1 atom stereocenters. The number of aliphatic imine (C=N–C) groups is 1. The monoisotopic (exact) mass is 565 g/mol. The largest absolute Gasteiger partial charge is 2.00 e. The Balaban J connectivity index is 0.000000308. The maximum absolute atomic E-state index is 6.06. The van der Waals surface area contributed by atoms with Gasteiger partial charge in [0, 0.05) is 5.66 Å². The summed E-state index contributed by atoms with van der Waals surface area (Å²) in [6.07, 6.45) is 6.51.